The van der Waals surface area contributed by atoms with Crippen molar-refractivity contribution in [1.29, 1.82) is 0 Å². The van der Waals surface area contributed by atoms with Crippen LogP contribution in [0.3, 0.4) is 0 Å². The first kappa shape index (κ1) is 25.4. The van der Waals surface area contributed by atoms with Crippen LogP contribution < -0.4 is 5.32 Å². The van der Waals surface area contributed by atoms with E-state index in [9.17, 15) is 9.59 Å². The van der Waals surface area contributed by atoms with Gasteiger partial charge < -0.3 is 15.1 Å². The van der Waals surface area contributed by atoms with Gasteiger partial charge in [-0.1, -0.05) is 58.4 Å². The Hall–Kier alpha value is -2.18. The first-order valence-corrected chi connectivity index (χ1v) is 13.3. The number of carbonyl (C=O) groups is 2. The Morgan fingerprint density at radius 2 is 1.88 bits per heavy atom. The van der Waals surface area contributed by atoms with Crippen LogP contribution in [0.1, 0.15) is 79.7 Å². The van der Waals surface area contributed by atoms with E-state index in [-0.39, 0.29) is 17.9 Å². The lowest BCUT2D eigenvalue weighted by atomic mass is 9.81. The molecule has 0 saturated heterocycles. The Morgan fingerprint density at radius 3 is 2.55 bits per heavy atom. The standard InChI is InChI=1S/C27H39N3O2S/c1-5-7-16-29(6-2)17-11-15-28-26(31)24-21-12-8-9-13-22(21)27(32)30(19-20(3)4)25(24)23-14-10-18-33-23/h8-10,12-14,18,20,24-25H,5-7,11,15-17,19H2,1-4H3,(H,28,31)/t24-,25-/m1/s1. The largest absolute Gasteiger partial charge is 0.355 e. The summed E-state index contributed by atoms with van der Waals surface area (Å²) in [5.41, 5.74) is 1.50. The minimum atomic E-state index is -0.404. The van der Waals surface area contributed by atoms with Crippen LogP contribution >= 0.6 is 11.3 Å². The van der Waals surface area contributed by atoms with Crippen LogP contribution in [0.2, 0.25) is 0 Å². The van der Waals surface area contributed by atoms with E-state index in [2.05, 4.69) is 44.0 Å². The van der Waals surface area contributed by atoms with Crippen molar-refractivity contribution in [2.24, 2.45) is 5.92 Å². The summed E-state index contributed by atoms with van der Waals surface area (Å²) in [6.07, 6.45) is 3.33. The topological polar surface area (TPSA) is 52.7 Å². The molecular weight excluding hydrogens is 430 g/mol. The zero-order chi connectivity index (χ0) is 23.8. The Balaban J connectivity index is 1.81. The van der Waals surface area contributed by atoms with Crippen molar-refractivity contribution in [3.05, 3.63) is 57.8 Å². The Kier molecular flexibility index (Phi) is 9.51. The van der Waals surface area contributed by atoms with E-state index < -0.39 is 5.92 Å². The van der Waals surface area contributed by atoms with Crippen LogP contribution in [-0.2, 0) is 4.79 Å². The molecule has 1 N–H and O–H groups in total. The Labute approximate surface area is 203 Å². The van der Waals surface area contributed by atoms with Crippen molar-refractivity contribution in [1.82, 2.24) is 15.1 Å². The molecule has 0 unspecified atom stereocenters. The fourth-order valence-corrected chi connectivity index (χ4v) is 5.55. The van der Waals surface area contributed by atoms with Gasteiger partial charge >= 0.3 is 0 Å². The number of carbonyl (C=O) groups excluding carboxylic acids is 2. The fourth-order valence-electron chi connectivity index (χ4n) is 4.68. The number of hydrogen-bond acceptors (Lipinski definition) is 4. The van der Waals surface area contributed by atoms with Crippen LogP contribution in [0.15, 0.2) is 41.8 Å². The smallest absolute Gasteiger partial charge is 0.254 e. The summed E-state index contributed by atoms with van der Waals surface area (Å²) >= 11 is 1.62. The molecule has 2 amide bonds. The number of nitrogens with one attached hydrogen (secondary N) is 1. The predicted molar refractivity (Wildman–Crippen MR) is 137 cm³/mol. The Morgan fingerprint density at radius 1 is 1.12 bits per heavy atom. The molecule has 3 rings (SSSR count). The molecule has 1 aliphatic heterocycles. The lowest BCUT2D eigenvalue weighted by Gasteiger charge is -2.42. The summed E-state index contributed by atoms with van der Waals surface area (Å²) in [5, 5.41) is 5.24. The van der Waals surface area contributed by atoms with E-state index >= 15 is 0 Å². The van der Waals surface area contributed by atoms with E-state index in [1.807, 2.05) is 40.6 Å². The third-order valence-electron chi connectivity index (χ3n) is 6.34. The highest BCUT2D eigenvalue weighted by atomic mass is 32.1. The van der Waals surface area contributed by atoms with Gasteiger partial charge in [0.1, 0.15) is 0 Å². The van der Waals surface area contributed by atoms with Crippen molar-refractivity contribution in [3.63, 3.8) is 0 Å². The molecule has 0 radical (unpaired) electrons. The first-order chi connectivity index (χ1) is 16.0. The van der Waals surface area contributed by atoms with Gasteiger partial charge in [0.2, 0.25) is 5.91 Å². The van der Waals surface area contributed by atoms with Crippen molar-refractivity contribution in [2.75, 3.05) is 32.7 Å². The zero-order valence-electron chi connectivity index (χ0n) is 20.5. The maximum atomic E-state index is 13.6. The van der Waals surface area contributed by atoms with Gasteiger partial charge in [-0.3, -0.25) is 9.59 Å². The third kappa shape index (κ3) is 6.24. The lowest BCUT2D eigenvalue weighted by molar-refractivity contribution is -0.124. The second-order valence-corrected chi connectivity index (χ2v) is 10.3. The third-order valence-corrected chi connectivity index (χ3v) is 7.29. The molecule has 0 saturated carbocycles. The molecule has 1 aromatic carbocycles. The Bertz CT molecular complexity index is 897. The van der Waals surface area contributed by atoms with Gasteiger partial charge in [0, 0.05) is 23.5 Å². The minimum Gasteiger partial charge on any atom is -0.355 e. The minimum absolute atomic E-state index is 0.0127. The highest BCUT2D eigenvalue weighted by Gasteiger charge is 2.44. The zero-order valence-corrected chi connectivity index (χ0v) is 21.4. The average Bonchev–Trinajstić information content (AvgIpc) is 3.34. The molecule has 5 nitrogen and oxygen atoms in total. The number of fused-ring (bicyclic) bond motifs is 1. The highest BCUT2D eigenvalue weighted by Crippen LogP contribution is 2.44. The van der Waals surface area contributed by atoms with Crippen molar-refractivity contribution in [2.45, 2.75) is 58.9 Å². The maximum absolute atomic E-state index is 13.6. The van der Waals surface area contributed by atoms with E-state index in [0.29, 0.717) is 24.6 Å². The molecule has 1 aliphatic rings. The maximum Gasteiger partial charge on any atom is 0.254 e. The van der Waals surface area contributed by atoms with E-state index in [1.54, 1.807) is 11.3 Å². The summed E-state index contributed by atoms with van der Waals surface area (Å²) < 4.78 is 0. The van der Waals surface area contributed by atoms with Crippen molar-refractivity contribution < 1.29 is 9.59 Å². The van der Waals surface area contributed by atoms with Crippen LogP contribution in [-0.4, -0.2) is 54.3 Å². The predicted octanol–water partition coefficient (Wildman–Crippen LogP) is 5.31. The molecule has 1 aromatic heterocycles. The summed E-state index contributed by atoms with van der Waals surface area (Å²) in [5.74, 6) is -0.0535. The van der Waals surface area contributed by atoms with Gasteiger partial charge in [0.25, 0.3) is 5.91 Å². The summed E-state index contributed by atoms with van der Waals surface area (Å²) in [7, 11) is 0. The summed E-state index contributed by atoms with van der Waals surface area (Å²) in [4.78, 5) is 32.5. The number of hydrogen-bond donors (Lipinski definition) is 1. The summed E-state index contributed by atoms with van der Waals surface area (Å²) in [6.45, 7) is 13.1. The molecule has 0 bridgehead atoms. The molecular formula is C27H39N3O2S. The van der Waals surface area contributed by atoms with Gasteiger partial charge in [-0.2, -0.15) is 0 Å². The SMILES string of the molecule is CCCCN(CC)CCCNC(=O)[C@@H]1c2ccccc2C(=O)N(CC(C)C)[C@@H]1c1cccs1. The second-order valence-electron chi connectivity index (χ2n) is 9.31. The summed E-state index contributed by atoms with van der Waals surface area (Å²) in [6, 6.07) is 11.4. The number of rotatable bonds is 12. The van der Waals surface area contributed by atoms with Gasteiger partial charge in [-0.05, 0) is 61.5 Å². The van der Waals surface area contributed by atoms with E-state index in [1.165, 1.54) is 12.8 Å². The van der Waals surface area contributed by atoms with Crippen molar-refractivity contribution in [3.8, 4) is 0 Å². The van der Waals surface area contributed by atoms with E-state index in [4.69, 9.17) is 0 Å². The van der Waals surface area contributed by atoms with Crippen LogP contribution in [0, 0.1) is 5.92 Å². The van der Waals surface area contributed by atoms with Gasteiger partial charge in [0.15, 0.2) is 0 Å². The van der Waals surface area contributed by atoms with Gasteiger partial charge in [0.05, 0.1) is 12.0 Å². The molecule has 2 heterocycles. The van der Waals surface area contributed by atoms with Crippen molar-refractivity contribution >= 4 is 23.2 Å². The first-order valence-electron chi connectivity index (χ1n) is 12.4. The lowest BCUT2D eigenvalue weighted by Crippen LogP contribution is -2.48. The molecule has 0 aliphatic carbocycles. The second kappa shape index (κ2) is 12.3. The average molecular weight is 470 g/mol. The molecule has 180 valence electrons. The van der Waals surface area contributed by atoms with Crippen LogP contribution in [0.4, 0.5) is 0 Å². The number of benzene rings is 1. The quantitative estimate of drug-likeness (QED) is 0.429. The number of thiophene rings is 1. The van der Waals surface area contributed by atoms with E-state index in [0.717, 1.165) is 36.5 Å². The number of amides is 2. The molecule has 2 atom stereocenters. The van der Waals surface area contributed by atoms with Gasteiger partial charge in [-0.25, -0.2) is 0 Å². The van der Waals surface area contributed by atoms with Crippen LogP contribution in [0.25, 0.3) is 0 Å². The monoisotopic (exact) mass is 469 g/mol. The molecule has 33 heavy (non-hydrogen) atoms. The molecule has 2 aromatic rings. The normalized spacial score (nSPS) is 18.1. The number of unbranched alkanes of at least 4 members (excludes halogenated alkanes) is 1. The van der Waals surface area contributed by atoms with Crippen LogP contribution in [0.5, 0.6) is 0 Å². The fraction of sp³-hybridized carbons (Fsp3) is 0.556. The van der Waals surface area contributed by atoms with Gasteiger partial charge in [-0.15, -0.1) is 11.3 Å². The highest BCUT2D eigenvalue weighted by molar-refractivity contribution is 7.10. The molecule has 0 spiro atoms. The molecule has 6 heteroatoms. The molecule has 0 fully saturated rings. The number of nitrogens with zero attached hydrogens (tertiary/aromatic N) is 2.